The molecule has 0 radical (unpaired) electrons. The highest BCUT2D eigenvalue weighted by atomic mass is 32.1. The van der Waals surface area contributed by atoms with Crippen LogP contribution in [-0.2, 0) is 17.6 Å². The normalized spacial score (nSPS) is 14.6. The Labute approximate surface area is 189 Å². The number of nitrogens with one attached hydrogen (secondary N) is 2. The first kappa shape index (κ1) is 22.8. The maximum atomic E-state index is 12.7. The zero-order valence-electron chi connectivity index (χ0n) is 18.3. The number of carbonyl (C=O) groups excluding carboxylic acids is 1. The molecule has 6 heteroatoms. The van der Waals surface area contributed by atoms with Crippen LogP contribution in [0.1, 0.15) is 90.8 Å². The van der Waals surface area contributed by atoms with Crippen molar-refractivity contribution in [3.63, 3.8) is 0 Å². The van der Waals surface area contributed by atoms with Gasteiger partial charge in [-0.15, -0.1) is 11.3 Å². The number of benzene rings is 1. The van der Waals surface area contributed by atoms with E-state index >= 15 is 0 Å². The molecule has 1 aromatic heterocycles. The van der Waals surface area contributed by atoms with Crippen LogP contribution in [0, 0.1) is 0 Å². The molecule has 0 saturated heterocycles. The first-order valence-corrected chi connectivity index (χ1v) is 12.1. The lowest BCUT2D eigenvalue weighted by molar-refractivity contribution is 0.0527. The van der Waals surface area contributed by atoms with Gasteiger partial charge in [0, 0.05) is 4.88 Å². The number of ether oxygens (including phenoxy) is 1. The second-order valence-corrected chi connectivity index (χ2v) is 9.64. The van der Waals surface area contributed by atoms with E-state index in [9.17, 15) is 4.79 Å². The minimum atomic E-state index is -0.250. The molecule has 0 bridgehead atoms. The van der Waals surface area contributed by atoms with Crippen molar-refractivity contribution in [1.82, 2.24) is 5.32 Å². The maximum Gasteiger partial charge on any atom is 0.341 e. The van der Waals surface area contributed by atoms with Crippen LogP contribution in [0.4, 0.5) is 5.00 Å². The van der Waals surface area contributed by atoms with Crippen molar-refractivity contribution in [2.45, 2.75) is 71.8 Å². The molecule has 0 spiro atoms. The van der Waals surface area contributed by atoms with Crippen molar-refractivity contribution in [3.8, 4) is 0 Å². The average Bonchev–Trinajstić information content (AvgIpc) is 2.88. The van der Waals surface area contributed by atoms with Gasteiger partial charge < -0.3 is 15.4 Å². The fourth-order valence-corrected chi connectivity index (χ4v) is 5.46. The van der Waals surface area contributed by atoms with Crippen molar-refractivity contribution in [1.29, 1.82) is 0 Å². The van der Waals surface area contributed by atoms with Crippen LogP contribution in [0.25, 0.3) is 0 Å². The standard InChI is InChI=1S/C24H32N2O2S2/c1-5-28-23(27)21-19-9-7-6-8-10-20(19)30-22(21)26-24(29)25-16(4)18-13-11-17(12-14-18)15(2)3/h11-16H,5-10H2,1-4H3,(H2,25,26,29). The highest BCUT2D eigenvalue weighted by Crippen LogP contribution is 2.38. The van der Waals surface area contributed by atoms with Gasteiger partial charge in [0.2, 0.25) is 0 Å². The Balaban J connectivity index is 1.74. The molecule has 1 unspecified atom stereocenters. The highest BCUT2D eigenvalue weighted by Gasteiger charge is 2.26. The molecule has 2 aromatic rings. The molecule has 0 saturated carbocycles. The summed E-state index contributed by atoms with van der Waals surface area (Å²) in [6.45, 7) is 8.69. The molecule has 4 nitrogen and oxygen atoms in total. The topological polar surface area (TPSA) is 50.4 Å². The number of thiocarbonyl (C=S) groups is 1. The van der Waals surface area contributed by atoms with Crippen LogP contribution < -0.4 is 10.6 Å². The van der Waals surface area contributed by atoms with E-state index in [-0.39, 0.29) is 12.0 Å². The van der Waals surface area contributed by atoms with E-state index in [4.69, 9.17) is 17.0 Å². The first-order chi connectivity index (χ1) is 14.4. The molecular formula is C24H32N2O2S2. The average molecular weight is 445 g/mol. The highest BCUT2D eigenvalue weighted by molar-refractivity contribution is 7.80. The summed E-state index contributed by atoms with van der Waals surface area (Å²) in [5.41, 5.74) is 4.33. The minimum Gasteiger partial charge on any atom is -0.462 e. The van der Waals surface area contributed by atoms with Crippen LogP contribution >= 0.6 is 23.6 Å². The second kappa shape index (κ2) is 10.4. The van der Waals surface area contributed by atoms with Gasteiger partial charge in [0.25, 0.3) is 0 Å². The van der Waals surface area contributed by atoms with E-state index < -0.39 is 0 Å². The largest absolute Gasteiger partial charge is 0.462 e. The molecule has 30 heavy (non-hydrogen) atoms. The summed E-state index contributed by atoms with van der Waals surface area (Å²) < 4.78 is 5.36. The van der Waals surface area contributed by atoms with Crippen molar-refractivity contribution in [2.75, 3.05) is 11.9 Å². The molecule has 1 aliphatic rings. The predicted molar refractivity (Wildman–Crippen MR) is 130 cm³/mol. The molecule has 1 aromatic carbocycles. The zero-order valence-corrected chi connectivity index (χ0v) is 20.0. The van der Waals surface area contributed by atoms with Gasteiger partial charge in [0.1, 0.15) is 5.00 Å². The van der Waals surface area contributed by atoms with Crippen LogP contribution in [0.15, 0.2) is 24.3 Å². The number of esters is 1. The van der Waals surface area contributed by atoms with E-state index in [1.165, 1.54) is 28.8 Å². The molecule has 1 heterocycles. The number of hydrogen-bond acceptors (Lipinski definition) is 4. The van der Waals surface area contributed by atoms with E-state index in [2.05, 4.69) is 55.7 Å². The third-order valence-electron chi connectivity index (χ3n) is 5.58. The number of thiophene rings is 1. The van der Waals surface area contributed by atoms with E-state index in [1.54, 1.807) is 11.3 Å². The van der Waals surface area contributed by atoms with E-state index in [0.717, 1.165) is 29.8 Å². The number of carbonyl (C=O) groups is 1. The van der Waals surface area contributed by atoms with Crippen molar-refractivity contribution >= 4 is 39.6 Å². The predicted octanol–water partition coefficient (Wildman–Crippen LogP) is 6.36. The Kier molecular flexibility index (Phi) is 7.89. The van der Waals surface area contributed by atoms with E-state index in [0.29, 0.717) is 23.2 Å². The summed E-state index contributed by atoms with van der Waals surface area (Å²) in [6, 6.07) is 8.70. The third-order valence-corrected chi connectivity index (χ3v) is 7.01. The zero-order chi connectivity index (χ0) is 21.7. The summed E-state index contributed by atoms with van der Waals surface area (Å²) in [7, 11) is 0. The summed E-state index contributed by atoms with van der Waals surface area (Å²) in [5, 5.41) is 7.99. The van der Waals surface area contributed by atoms with Crippen LogP contribution in [0.3, 0.4) is 0 Å². The number of anilines is 1. The van der Waals surface area contributed by atoms with Gasteiger partial charge in [0.05, 0.1) is 18.2 Å². The van der Waals surface area contributed by atoms with Gasteiger partial charge in [-0.1, -0.05) is 44.5 Å². The van der Waals surface area contributed by atoms with Gasteiger partial charge in [-0.2, -0.15) is 0 Å². The quantitative estimate of drug-likeness (QED) is 0.308. The number of fused-ring (bicyclic) bond motifs is 1. The molecule has 1 atom stereocenters. The minimum absolute atomic E-state index is 0.0649. The molecule has 3 rings (SSSR count). The third kappa shape index (κ3) is 5.41. The Morgan fingerprint density at radius 3 is 2.43 bits per heavy atom. The Hall–Kier alpha value is -1.92. The SMILES string of the molecule is CCOC(=O)c1c(NC(=S)NC(C)c2ccc(C(C)C)cc2)sc2c1CCCCC2. The summed E-state index contributed by atoms with van der Waals surface area (Å²) in [6.07, 6.45) is 5.44. The molecule has 1 aliphatic carbocycles. The van der Waals surface area contributed by atoms with Gasteiger partial charge in [-0.05, 0) is 74.4 Å². The molecular weight excluding hydrogens is 412 g/mol. The lowest BCUT2D eigenvalue weighted by Gasteiger charge is -2.18. The van der Waals surface area contributed by atoms with Gasteiger partial charge in [-0.25, -0.2) is 4.79 Å². The molecule has 0 fully saturated rings. The van der Waals surface area contributed by atoms with Gasteiger partial charge in [0.15, 0.2) is 5.11 Å². The fraction of sp³-hybridized carbons (Fsp3) is 0.500. The Morgan fingerprint density at radius 1 is 1.10 bits per heavy atom. The molecule has 0 amide bonds. The maximum absolute atomic E-state index is 12.7. The number of hydrogen-bond donors (Lipinski definition) is 2. The summed E-state index contributed by atoms with van der Waals surface area (Å²) >= 11 is 7.24. The summed E-state index contributed by atoms with van der Waals surface area (Å²) in [5.74, 6) is 0.264. The second-order valence-electron chi connectivity index (χ2n) is 8.13. The molecule has 0 aliphatic heterocycles. The van der Waals surface area contributed by atoms with Crippen molar-refractivity contribution in [2.24, 2.45) is 0 Å². The van der Waals surface area contributed by atoms with E-state index in [1.807, 2.05) is 6.92 Å². The van der Waals surface area contributed by atoms with Crippen molar-refractivity contribution in [3.05, 3.63) is 51.4 Å². The monoisotopic (exact) mass is 444 g/mol. The van der Waals surface area contributed by atoms with Crippen LogP contribution in [0.5, 0.6) is 0 Å². The smallest absolute Gasteiger partial charge is 0.341 e. The molecule has 162 valence electrons. The van der Waals surface area contributed by atoms with Crippen LogP contribution in [0.2, 0.25) is 0 Å². The first-order valence-electron chi connectivity index (χ1n) is 10.9. The van der Waals surface area contributed by atoms with Crippen LogP contribution in [-0.4, -0.2) is 17.7 Å². The fourth-order valence-electron chi connectivity index (χ4n) is 3.84. The Bertz CT molecular complexity index is 887. The van der Waals surface area contributed by atoms with Crippen molar-refractivity contribution < 1.29 is 9.53 Å². The molecule has 2 N–H and O–H groups in total. The van der Waals surface area contributed by atoms with Gasteiger partial charge in [-0.3, -0.25) is 0 Å². The summed E-state index contributed by atoms with van der Waals surface area (Å²) in [4.78, 5) is 14.0. The number of aryl methyl sites for hydroxylation is 1. The number of rotatable bonds is 6. The lowest BCUT2D eigenvalue weighted by atomic mass is 10.00. The lowest BCUT2D eigenvalue weighted by Crippen LogP contribution is -2.31. The Morgan fingerprint density at radius 2 is 1.77 bits per heavy atom. The van der Waals surface area contributed by atoms with Gasteiger partial charge >= 0.3 is 5.97 Å².